The van der Waals surface area contributed by atoms with Gasteiger partial charge >= 0.3 is 0 Å². The SMILES string of the molecule is CN=C(NCCCC1CC1)N(C)CCC1CCOCC1. The average molecular weight is 281 g/mol. The average Bonchev–Trinajstić information content (AvgIpc) is 3.30. The van der Waals surface area contributed by atoms with Crippen LogP contribution in [0.15, 0.2) is 4.99 Å². The van der Waals surface area contributed by atoms with E-state index in [-0.39, 0.29) is 0 Å². The Bertz CT molecular complexity index is 296. The highest BCUT2D eigenvalue weighted by molar-refractivity contribution is 5.79. The lowest BCUT2D eigenvalue weighted by Crippen LogP contribution is -2.40. The molecule has 20 heavy (non-hydrogen) atoms. The highest BCUT2D eigenvalue weighted by Gasteiger charge is 2.20. The Balaban J connectivity index is 1.58. The number of hydrogen-bond donors (Lipinski definition) is 1. The number of hydrogen-bond acceptors (Lipinski definition) is 2. The van der Waals surface area contributed by atoms with E-state index in [2.05, 4.69) is 22.3 Å². The number of rotatable bonds is 7. The van der Waals surface area contributed by atoms with Crippen LogP contribution < -0.4 is 5.32 Å². The van der Waals surface area contributed by atoms with E-state index in [4.69, 9.17) is 4.74 Å². The van der Waals surface area contributed by atoms with Crippen LogP contribution in [0, 0.1) is 11.8 Å². The molecular weight excluding hydrogens is 250 g/mol. The van der Waals surface area contributed by atoms with Gasteiger partial charge < -0.3 is 15.0 Å². The molecular formula is C16H31N3O. The molecule has 1 heterocycles. The predicted octanol–water partition coefficient (Wildman–Crippen LogP) is 2.50. The Morgan fingerprint density at radius 3 is 2.50 bits per heavy atom. The summed E-state index contributed by atoms with van der Waals surface area (Å²) in [7, 11) is 4.03. The van der Waals surface area contributed by atoms with Crippen molar-refractivity contribution >= 4 is 5.96 Å². The van der Waals surface area contributed by atoms with Gasteiger partial charge in [0.05, 0.1) is 0 Å². The second-order valence-corrected chi connectivity index (χ2v) is 6.33. The van der Waals surface area contributed by atoms with Crippen LogP contribution in [0.1, 0.15) is 44.9 Å². The van der Waals surface area contributed by atoms with Gasteiger partial charge in [-0.15, -0.1) is 0 Å². The van der Waals surface area contributed by atoms with E-state index >= 15 is 0 Å². The summed E-state index contributed by atoms with van der Waals surface area (Å²) in [6.45, 7) is 4.04. The van der Waals surface area contributed by atoms with Crippen LogP contribution in [0.2, 0.25) is 0 Å². The van der Waals surface area contributed by atoms with Gasteiger partial charge in [0, 0.05) is 40.4 Å². The quantitative estimate of drug-likeness (QED) is 0.442. The van der Waals surface area contributed by atoms with Crippen LogP contribution >= 0.6 is 0 Å². The van der Waals surface area contributed by atoms with E-state index < -0.39 is 0 Å². The van der Waals surface area contributed by atoms with Crippen LogP contribution in [0.5, 0.6) is 0 Å². The van der Waals surface area contributed by atoms with Gasteiger partial charge in [-0.3, -0.25) is 4.99 Å². The Kier molecular flexibility index (Phi) is 6.64. The third-order valence-corrected chi connectivity index (χ3v) is 4.56. The molecule has 4 heteroatoms. The van der Waals surface area contributed by atoms with E-state index in [0.29, 0.717) is 0 Å². The molecule has 0 amide bonds. The molecule has 0 unspecified atom stereocenters. The van der Waals surface area contributed by atoms with Gasteiger partial charge in [0.1, 0.15) is 0 Å². The molecule has 1 saturated heterocycles. The molecule has 2 rings (SSSR count). The van der Waals surface area contributed by atoms with Gasteiger partial charge in [0.25, 0.3) is 0 Å². The van der Waals surface area contributed by atoms with Crippen molar-refractivity contribution in [3.63, 3.8) is 0 Å². The number of aliphatic imine (C=N–C) groups is 1. The monoisotopic (exact) mass is 281 g/mol. The van der Waals surface area contributed by atoms with Crippen molar-refractivity contribution in [3.8, 4) is 0 Å². The van der Waals surface area contributed by atoms with Gasteiger partial charge in [-0.1, -0.05) is 12.8 Å². The van der Waals surface area contributed by atoms with Gasteiger partial charge in [-0.25, -0.2) is 0 Å². The summed E-state index contributed by atoms with van der Waals surface area (Å²) in [6, 6.07) is 0. The van der Waals surface area contributed by atoms with Crippen LogP contribution in [0.25, 0.3) is 0 Å². The normalized spacial score (nSPS) is 21.0. The fraction of sp³-hybridized carbons (Fsp3) is 0.938. The minimum atomic E-state index is 0.833. The molecule has 4 nitrogen and oxygen atoms in total. The Morgan fingerprint density at radius 1 is 1.15 bits per heavy atom. The highest BCUT2D eigenvalue weighted by Crippen LogP contribution is 2.33. The van der Waals surface area contributed by atoms with E-state index in [1.165, 1.54) is 44.9 Å². The zero-order chi connectivity index (χ0) is 14.2. The van der Waals surface area contributed by atoms with Crippen molar-refractivity contribution < 1.29 is 4.74 Å². The Morgan fingerprint density at radius 2 is 1.85 bits per heavy atom. The van der Waals surface area contributed by atoms with Crippen molar-refractivity contribution in [1.82, 2.24) is 10.2 Å². The summed E-state index contributed by atoms with van der Waals surface area (Å²) in [4.78, 5) is 6.66. The van der Waals surface area contributed by atoms with Crippen LogP contribution in [-0.4, -0.2) is 51.3 Å². The van der Waals surface area contributed by atoms with E-state index in [1.54, 1.807) is 0 Å². The summed E-state index contributed by atoms with van der Waals surface area (Å²) in [5.74, 6) is 2.91. The first kappa shape index (κ1) is 15.6. The van der Waals surface area contributed by atoms with Crippen molar-refractivity contribution in [2.45, 2.75) is 44.9 Å². The summed E-state index contributed by atoms with van der Waals surface area (Å²) in [6.07, 6.45) is 9.28. The third kappa shape index (κ3) is 5.70. The lowest BCUT2D eigenvalue weighted by atomic mass is 9.96. The fourth-order valence-electron chi connectivity index (χ4n) is 2.90. The number of nitrogens with one attached hydrogen (secondary N) is 1. The molecule has 2 aliphatic rings. The molecule has 2 fully saturated rings. The molecule has 1 aliphatic heterocycles. The van der Waals surface area contributed by atoms with E-state index in [0.717, 1.165) is 44.1 Å². The van der Waals surface area contributed by atoms with Crippen LogP contribution in [0.4, 0.5) is 0 Å². The van der Waals surface area contributed by atoms with Gasteiger partial charge in [-0.05, 0) is 43.9 Å². The minimum Gasteiger partial charge on any atom is -0.381 e. The fourth-order valence-corrected chi connectivity index (χ4v) is 2.90. The van der Waals surface area contributed by atoms with E-state index in [1.807, 2.05) is 7.05 Å². The number of nitrogens with zero attached hydrogens (tertiary/aromatic N) is 2. The molecule has 0 atom stereocenters. The molecule has 1 saturated carbocycles. The number of ether oxygens (including phenoxy) is 1. The molecule has 116 valence electrons. The zero-order valence-electron chi connectivity index (χ0n) is 13.2. The molecule has 0 radical (unpaired) electrons. The maximum atomic E-state index is 5.42. The zero-order valence-corrected chi connectivity index (χ0v) is 13.2. The molecule has 0 spiro atoms. The lowest BCUT2D eigenvalue weighted by Gasteiger charge is -2.26. The summed E-state index contributed by atoms with van der Waals surface area (Å²) in [5.41, 5.74) is 0. The van der Waals surface area contributed by atoms with Crippen LogP contribution in [0.3, 0.4) is 0 Å². The van der Waals surface area contributed by atoms with Crippen LogP contribution in [-0.2, 0) is 4.74 Å². The van der Waals surface area contributed by atoms with Crippen molar-refractivity contribution in [3.05, 3.63) is 0 Å². The molecule has 0 aromatic rings. The Hall–Kier alpha value is -0.770. The number of guanidine groups is 1. The Labute approximate surface area is 124 Å². The summed E-state index contributed by atoms with van der Waals surface area (Å²) < 4.78 is 5.42. The first-order valence-corrected chi connectivity index (χ1v) is 8.29. The maximum Gasteiger partial charge on any atom is 0.193 e. The molecule has 0 aromatic carbocycles. The largest absolute Gasteiger partial charge is 0.381 e. The first-order valence-electron chi connectivity index (χ1n) is 8.29. The predicted molar refractivity (Wildman–Crippen MR) is 84.1 cm³/mol. The highest BCUT2D eigenvalue weighted by atomic mass is 16.5. The van der Waals surface area contributed by atoms with Crippen molar-refractivity contribution in [2.75, 3.05) is 40.4 Å². The first-order chi connectivity index (χ1) is 9.79. The summed E-state index contributed by atoms with van der Waals surface area (Å²) >= 11 is 0. The maximum absolute atomic E-state index is 5.42. The second-order valence-electron chi connectivity index (χ2n) is 6.33. The van der Waals surface area contributed by atoms with E-state index in [9.17, 15) is 0 Å². The van der Waals surface area contributed by atoms with Crippen molar-refractivity contribution in [1.29, 1.82) is 0 Å². The van der Waals surface area contributed by atoms with Crippen molar-refractivity contribution in [2.24, 2.45) is 16.8 Å². The summed E-state index contributed by atoms with van der Waals surface area (Å²) in [5, 5.41) is 3.49. The third-order valence-electron chi connectivity index (χ3n) is 4.56. The molecule has 0 aromatic heterocycles. The van der Waals surface area contributed by atoms with Gasteiger partial charge in [-0.2, -0.15) is 0 Å². The smallest absolute Gasteiger partial charge is 0.193 e. The topological polar surface area (TPSA) is 36.9 Å². The standard InChI is InChI=1S/C16H31N3O/c1-17-16(18-10-3-4-14-5-6-14)19(2)11-7-15-8-12-20-13-9-15/h14-15H,3-13H2,1-2H3,(H,17,18). The lowest BCUT2D eigenvalue weighted by molar-refractivity contribution is 0.0625. The van der Waals surface area contributed by atoms with Gasteiger partial charge in [0.15, 0.2) is 5.96 Å². The molecule has 1 aliphatic carbocycles. The van der Waals surface area contributed by atoms with Gasteiger partial charge in [0.2, 0.25) is 0 Å². The minimum absolute atomic E-state index is 0.833. The second kappa shape index (κ2) is 8.50. The molecule has 1 N–H and O–H groups in total. The molecule has 0 bridgehead atoms.